The molecule has 0 aliphatic carbocycles. The van der Waals surface area contributed by atoms with E-state index in [1.807, 2.05) is 6.92 Å². The summed E-state index contributed by atoms with van der Waals surface area (Å²) in [6.07, 6.45) is 2.99. The first-order chi connectivity index (χ1) is 10.3. The summed E-state index contributed by atoms with van der Waals surface area (Å²) in [7, 11) is 0. The van der Waals surface area contributed by atoms with E-state index in [-0.39, 0.29) is 46.7 Å². The monoisotopic (exact) mass is 369 g/mol. The molecule has 1 amide bonds. The molecule has 2 unspecified atom stereocenters. The first-order valence-corrected chi connectivity index (χ1v) is 7.85. The van der Waals surface area contributed by atoms with Crippen molar-refractivity contribution in [1.29, 1.82) is 0 Å². The first kappa shape index (κ1) is 20.1. The van der Waals surface area contributed by atoms with Gasteiger partial charge in [-0.15, -0.1) is 12.4 Å². The van der Waals surface area contributed by atoms with Gasteiger partial charge in [0.25, 0.3) is 5.91 Å². The van der Waals surface area contributed by atoms with Crippen molar-refractivity contribution >= 4 is 30.1 Å². The van der Waals surface area contributed by atoms with E-state index in [1.165, 1.54) is 18.3 Å². The number of nitrogens with two attached hydrogens (primary N) is 1. The number of carbonyl (C=O) groups excluding carboxylic acids is 1. The fourth-order valence-electron chi connectivity index (χ4n) is 2.54. The number of hydrogen-bond donors (Lipinski definition) is 1. The third kappa shape index (κ3) is 5.54. The van der Waals surface area contributed by atoms with Crippen molar-refractivity contribution in [2.24, 2.45) is 11.7 Å². The van der Waals surface area contributed by atoms with Crippen molar-refractivity contribution in [3.63, 3.8) is 0 Å². The third-order valence-corrected chi connectivity index (χ3v) is 4.45. The van der Waals surface area contributed by atoms with Crippen LogP contribution in [0.15, 0.2) is 23.4 Å². The van der Waals surface area contributed by atoms with Gasteiger partial charge in [-0.1, -0.05) is 0 Å². The maximum Gasteiger partial charge on any atom is 0.447 e. The smallest absolute Gasteiger partial charge is 0.338 e. The molecule has 2 heterocycles. The number of halogens is 4. The number of nitrogens with zero attached hydrogens (tertiary/aromatic N) is 2. The van der Waals surface area contributed by atoms with Gasteiger partial charge in [-0.2, -0.15) is 13.2 Å². The van der Waals surface area contributed by atoms with Crippen LogP contribution in [0.3, 0.4) is 0 Å². The summed E-state index contributed by atoms with van der Waals surface area (Å²) in [5.74, 6) is -0.238. The van der Waals surface area contributed by atoms with Gasteiger partial charge in [0.05, 0.1) is 5.56 Å². The standard InChI is InChI=1S/C14H18F3N3OS.ClH/c1-9(18)10-4-3-7-20(8-10)13(21)11-5-2-6-19-12(11)22-14(15,16)17;/h2,5-6,9-10H,3-4,7-8,18H2,1H3;1H. The van der Waals surface area contributed by atoms with Gasteiger partial charge >= 0.3 is 5.51 Å². The van der Waals surface area contributed by atoms with E-state index >= 15 is 0 Å². The van der Waals surface area contributed by atoms with Crippen molar-refractivity contribution in [1.82, 2.24) is 9.88 Å². The number of carbonyl (C=O) groups is 1. The Kier molecular flexibility index (Phi) is 7.16. The minimum atomic E-state index is -4.47. The average molecular weight is 370 g/mol. The highest BCUT2D eigenvalue weighted by atomic mass is 35.5. The summed E-state index contributed by atoms with van der Waals surface area (Å²) in [5, 5.41) is -0.303. The quantitative estimate of drug-likeness (QED) is 0.830. The van der Waals surface area contributed by atoms with Gasteiger partial charge < -0.3 is 10.6 Å². The number of thioether (sulfide) groups is 1. The Morgan fingerprint density at radius 3 is 2.83 bits per heavy atom. The van der Waals surface area contributed by atoms with Gasteiger partial charge in [0.1, 0.15) is 5.03 Å². The van der Waals surface area contributed by atoms with Crippen molar-refractivity contribution in [3.8, 4) is 0 Å². The topological polar surface area (TPSA) is 59.2 Å². The second kappa shape index (κ2) is 8.21. The van der Waals surface area contributed by atoms with Crippen molar-refractivity contribution in [3.05, 3.63) is 23.9 Å². The minimum Gasteiger partial charge on any atom is -0.338 e. The molecule has 0 aromatic carbocycles. The number of aromatic nitrogens is 1. The van der Waals surface area contributed by atoms with Crippen LogP contribution in [-0.4, -0.2) is 40.4 Å². The van der Waals surface area contributed by atoms with Gasteiger partial charge in [0.15, 0.2) is 0 Å². The fraction of sp³-hybridized carbons (Fsp3) is 0.571. The zero-order chi connectivity index (χ0) is 16.3. The Balaban J connectivity index is 0.00000264. The predicted molar refractivity (Wildman–Crippen MR) is 85.7 cm³/mol. The Morgan fingerprint density at radius 2 is 2.22 bits per heavy atom. The number of rotatable bonds is 3. The van der Waals surface area contributed by atoms with E-state index in [1.54, 1.807) is 4.90 Å². The molecule has 0 spiro atoms. The lowest BCUT2D eigenvalue weighted by molar-refractivity contribution is -0.0329. The van der Waals surface area contributed by atoms with Crippen molar-refractivity contribution in [2.75, 3.05) is 13.1 Å². The molecule has 130 valence electrons. The molecule has 1 aliphatic rings. The van der Waals surface area contributed by atoms with Gasteiger partial charge in [0.2, 0.25) is 0 Å². The van der Waals surface area contributed by atoms with Crippen LogP contribution >= 0.6 is 24.2 Å². The Labute approximate surface area is 143 Å². The van der Waals surface area contributed by atoms with Gasteiger partial charge in [-0.25, -0.2) is 4.98 Å². The third-order valence-electron chi connectivity index (χ3n) is 3.70. The summed E-state index contributed by atoms with van der Waals surface area (Å²) in [6.45, 7) is 2.89. The largest absolute Gasteiger partial charge is 0.447 e. The number of piperidine rings is 1. The van der Waals surface area contributed by atoms with Gasteiger partial charge in [-0.05, 0) is 37.8 Å². The van der Waals surface area contributed by atoms with Gasteiger partial charge in [-0.3, -0.25) is 4.79 Å². The van der Waals surface area contributed by atoms with Crippen LogP contribution in [0.2, 0.25) is 0 Å². The highest BCUT2D eigenvalue weighted by Crippen LogP contribution is 2.37. The molecule has 0 radical (unpaired) electrons. The summed E-state index contributed by atoms with van der Waals surface area (Å²) >= 11 is -0.357. The summed E-state index contributed by atoms with van der Waals surface area (Å²) < 4.78 is 37.7. The molecule has 2 atom stereocenters. The SMILES string of the molecule is CC(N)C1CCCN(C(=O)c2cccnc2SC(F)(F)F)C1.Cl. The molecule has 23 heavy (non-hydrogen) atoms. The lowest BCUT2D eigenvalue weighted by Gasteiger charge is -2.34. The zero-order valence-electron chi connectivity index (χ0n) is 12.5. The number of amides is 1. The summed E-state index contributed by atoms with van der Waals surface area (Å²) in [5.41, 5.74) is 1.40. The van der Waals surface area contributed by atoms with Crippen LogP contribution in [0.5, 0.6) is 0 Å². The molecule has 0 saturated carbocycles. The number of pyridine rings is 1. The Bertz CT molecular complexity index is 542. The van der Waals surface area contributed by atoms with Crippen LogP contribution in [0, 0.1) is 5.92 Å². The van der Waals surface area contributed by atoms with Gasteiger partial charge in [0, 0.05) is 37.1 Å². The summed E-state index contributed by atoms with van der Waals surface area (Å²) in [6, 6.07) is 2.81. The number of likely N-dealkylation sites (tertiary alicyclic amines) is 1. The van der Waals surface area contributed by atoms with E-state index in [2.05, 4.69) is 4.98 Å². The molecule has 9 heteroatoms. The second-order valence-corrected chi connectivity index (χ2v) is 6.47. The number of hydrogen-bond acceptors (Lipinski definition) is 4. The Morgan fingerprint density at radius 1 is 1.52 bits per heavy atom. The van der Waals surface area contributed by atoms with Crippen LogP contribution in [-0.2, 0) is 0 Å². The highest BCUT2D eigenvalue weighted by Gasteiger charge is 2.34. The predicted octanol–water partition coefficient (Wildman–Crippen LogP) is 3.31. The maximum atomic E-state index is 12.6. The highest BCUT2D eigenvalue weighted by molar-refractivity contribution is 8.00. The van der Waals surface area contributed by atoms with Crippen molar-refractivity contribution in [2.45, 2.75) is 36.3 Å². The molecule has 1 aromatic heterocycles. The molecule has 2 rings (SSSR count). The molecule has 2 N–H and O–H groups in total. The normalized spacial score (nSPS) is 19.9. The van der Waals surface area contributed by atoms with E-state index < -0.39 is 11.4 Å². The van der Waals surface area contributed by atoms with Crippen LogP contribution in [0.4, 0.5) is 13.2 Å². The average Bonchev–Trinajstić information content (AvgIpc) is 2.45. The Hall–Kier alpha value is -0.990. The molecular weight excluding hydrogens is 351 g/mol. The molecule has 0 bridgehead atoms. The molecule has 1 fully saturated rings. The molecular formula is C14H19ClF3N3OS. The fourth-order valence-corrected chi connectivity index (χ4v) is 3.14. The minimum absolute atomic E-state index is 0. The number of alkyl halides is 3. The summed E-state index contributed by atoms with van der Waals surface area (Å²) in [4.78, 5) is 17.8. The second-order valence-electron chi connectivity index (χ2n) is 5.42. The lowest BCUT2D eigenvalue weighted by atomic mass is 9.92. The van der Waals surface area contributed by atoms with Crippen LogP contribution < -0.4 is 5.73 Å². The molecule has 1 aliphatic heterocycles. The zero-order valence-corrected chi connectivity index (χ0v) is 14.2. The maximum absolute atomic E-state index is 12.6. The van der Waals surface area contributed by atoms with Crippen LogP contribution in [0.1, 0.15) is 30.1 Å². The molecule has 4 nitrogen and oxygen atoms in total. The molecule has 1 aromatic rings. The lowest BCUT2D eigenvalue weighted by Crippen LogP contribution is -2.45. The van der Waals surface area contributed by atoms with E-state index in [4.69, 9.17) is 5.73 Å². The van der Waals surface area contributed by atoms with Crippen LogP contribution in [0.25, 0.3) is 0 Å². The van der Waals surface area contributed by atoms with E-state index in [0.29, 0.717) is 13.1 Å². The van der Waals surface area contributed by atoms with E-state index in [9.17, 15) is 18.0 Å². The van der Waals surface area contributed by atoms with E-state index in [0.717, 1.165) is 12.8 Å². The van der Waals surface area contributed by atoms with Crippen molar-refractivity contribution < 1.29 is 18.0 Å². The first-order valence-electron chi connectivity index (χ1n) is 7.03. The molecule has 1 saturated heterocycles.